The summed E-state index contributed by atoms with van der Waals surface area (Å²) in [6, 6.07) is 10.9. The molecule has 0 aliphatic rings. The Morgan fingerprint density at radius 2 is 2.13 bits per heavy atom. The Balaban J connectivity index is 1.90. The second kappa shape index (κ2) is 6.79. The lowest BCUT2D eigenvalue weighted by atomic mass is 10.0. The lowest BCUT2D eigenvalue weighted by Gasteiger charge is -2.08. The Bertz CT molecular complexity index is 881. The van der Waals surface area contributed by atoms with Crippen molar-refractivity contribution in [2.24, 2.45) is 0 Å². The van der Waals surface area contributed by atoms with Crippen LogP contribution in [0.25, 0.3) is 11.0 Å². The highest BCUT2D eigenvalue weighted by Gasteiger charge is 2.10. The zero-order valence-corrected chi connectivity index (χ0v) is 13.6. The number of thiophene rings is 1. The molecular formula is C18H17NO3S. The third-order valence-corrected chi connectivity index (χ3v) is 4.48. The van der Waals surface area contributed by atoms with Gasteiger partial charge in [0.1, 0.15) is 5.58 Å². The predicted octanol–water partition coefficient (Wildman–Crippen LogP) is 3.74. The van der Waals surface area contributed by atoms with Gasteiger partial charge in [-0.2, -0.15) is 0 Å². The van der Waals surface area contributed by atoms with Crippen LogP contribution in [0.3, 0.4) is 0 Å². The van der Waals surface area contributed by atoms with Crippen molar-refractivity contribution >= 4 is 28.2 Å². The molecule has 0 radical (unpaired) electrons. The lowest BCUT2D eigenvalue weighted by Crippen LogP contribution is -2.22. The molecule has 118 valence electrons. The van der Waals surface area contributed by atoms with Crippen LogP contribution in [0.2, 0.25) is 0 Å². The summed E-state index contributed by atoms with van der Waals surface area (Å²) in [5.74, 6) is -0.133. The van der Waals surface area contributed by atoms with Crippen molar-refractivity contribution in [3.05, 3.63) is 68.2 Å². The Kier molecular flexibility index (Phi) is 4.57. The highest BCUT2D eigenvalue weighted by molar-refractivity contribution is 7.12. The standard InChI is InChI=1S/C18H17NO3S/c1-2-4-12-6-7-15-14(9-12)13(10-17(20)22-15)11-19-18(21)16-5-3-8-23-16/h3,5-10H,2,4,11H2,1H3,(H,19,21). The molecule has 2 heterocycles. The molecule has 0 spiro atoms. The first kappa shape index (κ1) is 15.5. The Morgan fingerprint density at radius 3 is 2.87 bits per heavy atom. The van der Waals surface area contributed by atoms with Crippen molar-refractivity contribution in [2.45, 2.75) is 26.3 Å². The van der Waals surface area contributed by atoms with E-state index in [1.807, 2.05) is 29.6 Å². The maximum atomic E-state index is 12.1. The monoisotopic (exact) mass is 327 g/mol. The molecule has 0 aliphatic carbocycles. The van der Waals surface area contributed by atoms with Crippen LogP contribution >= 0.6 is 11.3 Å². The van der Waals surface area contributed by atoms with Gasteiger partial charge in [-0.25, -0.2) is 4.79 Å². The van der Waals surface area contributed by atoms with E-state index in [1.54, 1.807) is 6.07 Å². The van der Waals surface area contributed by atoms with Crippen LogP contribution in [-0.2, 0) is 13.0 Å². The van der Waals surface area contributed by atoms with E-state index in [0.717, 1.165) is 23.8 Å². The van der Waals surface area contributed by atoms with Gasteiger partial charge in [0.2, 0.25) is 0 Å². The molecule has 1 aromatic carbocycles. The van der Waals surface area contributed by atoms with Gasteiger partial charge in [-0.15, -0.1) is 11.3 Å². The summed E-state index contributed by atoms with van der Waals surface area (Å²) in [5.41, 5.74) is 2.12. The van der Waals surface area contributed by atoms with Gasteiger partial charge in [0, 0.05) is 18.0 Å². The second-order valence-corrected chi connectivity index (χ2v) is 6.28. The van der Waals surface area contributed by atoms with Crippen LogP contribution in [0.15, 0.2) is 51.0 Å². The minimum Gasteiger partial charge on any atom is -0.423 e. The van der Waals surface area contributed by atoms with Crippen LogP contribution in [0.5, 0.6) is 0 Å². The molecular weight excluding hydrogens is 310 g/mol. The van der Waals surface area contributed by atoms with Gasteiger partial charge in [-0.3, -0.25) is 4.79 Å². The molecule has 0 fully saturated rings. The van der Waals surface area contributed by atoms with E-state index in [9.17, 15) is 9.59 Å². The van der Waals surface area contributed by atoms with Gasteiger partial charge in [0.05, 0.1) is 4.88 Å². The summed E-state index contributed by atoms with van der Waals surface area (Å²) in [6.45, 7) is 2.42. The SMILES string of the molecule is CCCc1ccc2oc(=O)cc(CNC(=O)c3cccs3)c2c1. The van der Waals surface area contributed by atoms with Crippen LogP contribution in [-0.4, -0.2) is 5.91 Å². The molecule has 23 heavy (non-hydrogen) atoms. The molecule has 0 unspecified atom stereocenters. The molecule has 0 atom stereocenters. The fourth-order valence-electron chi connectivity index (χ4n) is 2.54. The first-order chi connectivity index (χ1) is 11.2. The number of nitrogens with one attached hydrogen (secondary N) is 1. The number of benzene rings is 1. The number of aryl methyl sites for hydroxylation is 1. The first-order valence-corrected chi connectivity index (χ1v) is 8.42. The van der Waals surface area contributed by atoms with E-state index >= 15 is 0 Å². The molecule has 0 saturated heterocycles. The summed E-state index contributed by atoms with van der Waals surface area (Å²) in [5, 5.41) is 5.60. The van der Waals surface area contributed by atoms with Crippen molar-refractivity contribution in [2.75, 3.05) is 0 Å². The Morgan fingerprint density at radius 1 is 1.26 bits per heavy atom. The number of rotatable bonds is 5. The van der Waals surface area contributed by atoms with Gasteiger partial charge < -0.3 is 9.73 Å². The average molecular weight is 327 g/mol. The second-order valence-electron chi connectivity index (χ2n) is 5.33. The number of fused-ring (bicyclic) bond motifs is 1. The van der Waals surface area contributed by atoms with Crippen LogP contribution in [0, 0.1) is 0 Å². The third-order valence-electron chi connectivity index (χ3n) is 3.62. The highest BCUT2D eigenvalue weighted by Crippen LogP contribution is 2.20. The molecule has 1 amide bonds. The molecule has 0 aliphatic heterocycles. The van der Waals surface area contributed by atoms with Gasteiger partial charge in [-0.1, -0.05) is 25.5 Å². The summed E-state index contributed by atoms with van der Waals surface area (Å²) in [4.78, 5) is 24.4. The van der Waals surface area contributed by atoms with Gasteiger partial charge in [0.15, 0.2) is 0 Å². The van der Waals surface area contributed by atoms with E-state index in [1.165, 1.54) is 23.0 Å². The number of hydrogen-bond acceptors (Lipinski definition) is 4. The molecule has 3 rings (SSSR count). The summed E-state index contributed by atoms with van der Waals surface area (Å²) in [7, 11) is 0. The largest absolute Gasteiger partial charge is 0.423 e. The third kappa shape index (κ3) is 3.51. The van der Waals surface area contributed by atoms with Crippen molar-refractivity contribution in [3.63, 3.8) is 0 Å². The van der Waals surface area contributed by atoms with Crippen molar-refractivity contribution in [3.8, 4) is 0 Å². The fraction of sp³-hybridized carbons (Fsp3) is 0.222. The van der Waals surface area contributed by atoms with Crippen LogP contribution in [0.4, 0.5) is 0 Å². The van der Waals surface area contributed by atoms with Gasteiger partial charge >= 0.3 is 5.63 Å². The van der Waals surface area contributed by atoms with E-state index in [2.05, 4.69) is 12.2 Å². The average Bonchev–Trinajstić information content (AvgIpc) is 3.07. The number of carbonyl (C=O) groups is 1. The van der Waals surface area contributed by atoms with Crippen molar-refractivity contribution in [1.82, 2.24) is 5.32 Å². The fourth-order valence-corrected chi connectivity index (χ4v) is 3.18. The van der Waals surface area contributed by atoms with Gasteiger partial charge in [-0.05, 0) is 41.1 Å². The van der Waals surface area contributed by atoms with Crippen molar-refractivity contribution < 1.29 is 9.21 Å². The lowest BCUT2D eigenvalue weighted by molar-refractivity contribution is 0.0955. The highest BCUT2D eigenvalue weighted by atomic mass is 32.1. The Hall–Kier alpha value is -2.40. The first-order valence-electron chi connectivity index (χ1n) is 7.54. The molecule has 2 aromatic heterocycles. The zero-order valence-electron chi connectivity index (χ0n) is 12.8. The van der Waals surface area contributed by atoms with E-state index in [4.69, 9.17) is 4.42 Å². The Labute approximate surface area is 137 Å². The van der Waals surface area contributed by atoms with Crippen molar-refractivity contribution in [1.29, 1.82) is 0 Å². The summed E-state index contributed by atoms with van der Waals surface area (Å²) < 4.78 is 5.25. The van der Waals surface area contributed by atoms with Crippen LogP contribution in [0.1, 0.15) is 34.1 Å². The minimum absolute atomic E-state index is 0.133. The molecule has 3 aromatic rings. The van der Waals surface area contributed by atoms with E-state index in [-0.39, 0.29) is 5.91 Å². The summed E-state index contributed by atoms with van der Waals surface area (Å²) >= 11 is 1.39. The minimum atomic E-state index is -0.402. The topological polar surface area (TPSA) is 59.3 Å². The molecule has 5 heteroatoms. The zero-order chi connectivity index (χ0) is 16.2. The molecule has 4 nitrogen and oxygen atoms in total. The van der Waals surface area contributed by atoms with Crippen LogP contribution < -0.4 is 10.9 Å². The molecule has 0 saturated carbocycles. The summed E-state index contributed by atoms with van der Waals surface area (Å²) in [6.07, 6.45) is 2.02. The normalized spacial score (nSPS) is 10.8. The van der Waals surface area contributed by atoms with E-state index < -0.39 is 5.63 Å². The smallest absolute Gasteiger partial charge is 0.336 e. The maximum Gasteiger partial charge on any atom is 0.336 e. The predicted molar refractivity (Wildman–Crippen MR) is 92.0 cm³/mol. The quantitative estimate of drug-likeness (QED) is 0.726. The number of amides is 1. The molecule has 0 bridgehead atoms. The number of hydrogen-bond donors (Lipinski definition) is 1. The van der Waals surface area contributed by atoms with Gasteiger partial charge in [0.25, 0.3) is 5.91 Å². The maximum absolute atomic E-state index is 12.1. The van der Waals surface area contributed by atoms with E-state index in [0.29, 0.717) is 17.0 Å². The molecule has 1 N–H and O–H groups in total. The number of carbonyl (C=O) groups excluding carboxylic acids is 1.